The molecule has 12 aromatic rings. The molecule has 0 spiro atoms. The second-order valence-corrected chi connectivity index (χ2v) is 25.0. The monoisotopic (exact) mass is 1020 g/mol. The number of thiophene rings is 1. The van der Waals surface area contributed by atoms with Crippen LogP contribution in [-0.4, -0.2) is 6.71 Å². The average Bonchev–Trinajstić information content (AvgIpc) is 4.21. The van der Waals surface area contributed by atoms with Gasteiger partial charge in [0.15, 0.2) is 5.58 Å². The molecule has 1 saturated carbocycles. The molecule has 3 aliphatic rings. The molecule has 77 heavy (non-hydrogen) atoms. The van der Waals surface area contributed by atoms with Crippen molar-refractivity contribution in [1.29, 1.82) is 0 Å². The molecule has 9 aromatic carbocycles. The molecule has 0 amide bonds. The third-order valence-corrected chi connectivity index (χ3v) is 18.3. The molecule has 0 atom stereocenters. The maximum Gasteiger partial charge on any atom is 0.264 e. The van der Waals surface area contributed by atoms with Crippen LogP contribution in [-0.2, 0) is 10.8 Å². The summed E-state index contributed by atoms with van der Waals surface area (Å²) in [5, 5.41) is 5.76. The van der Waals surface area contributed by atoms with Crippen molar-refractivity contribution in [2.75, 3.05) is 14.7 Å². The molecule has 0 bridgehead atoms. The number of hydrogen-bond acceptors (Lipinski definition) is 6. The van der Waals surface area contributed by atoms with E-state index >= 15 is 0 Å². The molecule has 376 valence electrons. The Hall–Kier alpha value is -8.00. The van der Waals surface area contributed by atoms with Crippen molar-refractivity contribution in [2.24, 2.45) is 0 Å². The maximum absolute atomic E-state index is 7.09. The maximum atomic E-state index is 7.09. The summed E-state index contributed by atoms with van der Waals surface area (Å²) in [6.45, 7) is 13.9. The van der Waals surface area contributed by atoms with Crippen LogP contribution < -0.4 is 30.4 Å². The van der Waals surface area contributed by atoms with Crippen molar-refractivity contribution in [3.63, 3.8) is 0 Å². The van der Waals surface area contributed by atoms with Gasteiger partial charge in [-0.1, -0.05) is 152 Å². The van der Waals surface area contributed by atoms with Gasteiger partial charge in [0.1, 0.15) is 16.7 Å². The van der Waals surface area contributed by atoms with Gasteiger partial charge in [-0.2, -0.15) is 0 Å². The minimum Gasteiger partial charge on any atom is -0.456 e. The molecule has 15 rings (SSSR count). The van der Waals surface area contributed by atoms with E-state index in [1.165, 1.54) is 97.3 Å². The summed E-state index contributed by atoms with van der Waals surface area (Å²) < 4.78 is 16.2. The molecule has 0 N–H and O–H groups in total. The molecular weight excluding hydrogens is 958 g/mol. The highest BCUT2D eigenvalue weighted by Gasteiger charge is 2.47. The number of rotatable bonds is 6. The van der Waals surface area contributed by atoms with E-state index in [0.717, 1.165) is 72.3 Å². The fourth-order valence-corrected chi connectivity index (χ4v) is 14.5. The number of hydrogen-bond donors (Lipinski definition) is 0. The molecule has 1 aliphatic carbocycles. The Kier molecular flexibility index (Phi) is 10.4. The Labute approximate surface area is 455 Å². The standard InChI is InChI=1S/C70H60BN3O2S/c1-69(2,3)45-28-31-48(32-29-45)73-59-38-44(43-18-9-7-10-19-43)39-60-65(59)71(68-66(73)55-40-46(70(4,5)6)30-37-64(55)77-68)56-35-33-50(42-58(56)74(60)57-25-17-24-53-51-22-13-16-27-62(51)76-67(53)57)72(47-20-11-8-12-21-47)49-34-36-63-54(41-49)52-23-14-15-26-61(52)75-63/h8,11-17,20-43H,7,9-10,18-19H2,1-6H3. The van der Waals surface area contributed by atoms with E-state index in [1.807, 2.05) is 17.4 Å². The second-order valence-electron chi connectivity index (χ2n) is 23.9. The lowest BCUT2D eigenvalue weighted by atomic mass is 9.36. The van der Waals surface area contributed by atoms with E-state index in [1.54, 1.807) is 0 Å². The second kappa shape index (κ2) is 17.3. The Morgan fingerprint density at radius 2 is 1.12 bits per heavy atom. The van der Waals surface area contributed by atoms with Crippen LogP contribution in [0.25, 0.3) is 54.0 Å². The van der Waals surface area contributed by atoms with Crippen molar-refractivity contribution in [3.8, 4) is 0 Å². The first-order valence-corrected chi connectivity index (χ1v) is 28.5. The minimum atomic E-state index is -0.0509. The summed E-state index contributed by atoms with van der Waals surface area (Å²) >= 11 is 1.97. The van der Waals surface area contributed by atoms with Crippen LogP contribution in [0.5, 0.6) is 0 Å². The van der Waals surface area contributed by atoms with E-state index in [4.69, 9.17) is 8.83 Å². The Balaban J connectivity index is 1.05. The van der Waals surface area contributed by atoms with E-state index in [0.29, 0.717) is 5.92 Å². The predicted octanol–water partition coefficient (Wildman–Crippen LogP) is 18.9. The molecule has 1 fully saturated rings. The van der Waals surface area contributed by atoms with Crippen LogP contribution in [0.4, 0.5) is 51.2 Å². The summed E-state index contributed by atoms with van der Waals surface area (Å²) in [5.41, 5.74) is 20.6. The van der Waals surface area contributed by atoms with Gasteiger partial charge in [-0.05, 0) is 154 Å². The lowest BCUT2D eigenvalue weighted by Crippen LogP contribution is -2.60. The Morgan fingerprint density at radius 1 is 0.481 bits per heavy atom. The average molecular weight is 1020 g/mol. The molecule has 0 saturated heterocycles. The van der Waals surface area contributed by atoms with Crippen molar-refractivity contribution in [1.82, 2.24) is 0 Å². The lowest BCUT2D eigenvalue weighted by Gasteiger charge is -2.44. The van der Waals surface area contributed by atoms with Gasteiger partial charge in [0, 0.05) is 76.2 Å². The Bertz CT molecular complexity index is 4320. The van der Waals surface area contributed by atoms with Crippen LogP contribution in [0.15, 0.2) is 197 Å². The van der Waals surface area contributed by atoms with Gasteiger partial charge in [0.25, 0.3) is 6.71 Å². The van der Waals surface area contributed by atoms with Gasteiger partial charge < -0.3 is 23.5 Å². The summed E-state index contributed by atoms with van der Waals surface area (Å²) in [6.07, 6.45) is 6.16. The summed E-state index contributed by atoms with van der Waals surface area (Å²) in [5.74, 6) is 0.445. The first-order valence-electron chi connectivity index (χ1n) is 27.7. The highest BCUT2D eigenvalue weighted by Crippen LogP contribution is 2.53. The number of nitrogens with zero attached hydrogens (tertiary/aromatic N) is 3. The minimum absolute atomic E-state index is 0.0185. The highest BCUT2D eigenvalue weighted by molar-refractivity contribution is 7.33. The van der Waals surface area contributed by atoms with Crippen LogP contribution in [0.2, 0.25) is 0 Å². The lowest BCUT2D eigenvalue weighted by molar-refractivity contribution is 0.444. The molecule has 0 radical (unpaired) electrons. The van der Waals surface area contributed by atoms with Crippen LogP contribution in [0.3, 0.4) is 0 Å². The quantitative estimate of drug-likeness (QED) is 0.155. The van der Waals surface area contributed by atoms with Gasteiger partial charge in [-0.25, -0.2) is 0 Å². The zero-order chi connectivity index (χ0) is 51.9. The highest BCUT2D eigenvalue weighted by atomic mass is 32.1. The van der Waals surface area contributed by atoms with E-state index in [2.05, 4.69) is 238 Å². The third kappa shape index (κ3) is 7.33. The first kappa shape index (κ1) is 46.3. The molecule has 0 unspecified atom stereocenters. The van der Waals surface area contributed by atoms with E-state index in [9.17, 15) is 0 Å². The van der Waals surface area contributed by atoms with Crippen molar-refractivity contribution in [3.05, 3.63) is 205 Å². The molecular formula is C70H60BN3O2S. The fraction of sp³-hybridized carbons (Fsp3) is 0.200. The molecule has 7 heteroatoms. The van der Waals surface area contributed by atoms with Gasteiger partial charge in [0.2, 0.25) is 0 Å². The third-order valence-electron chi connectivity index (χ3n) is 17.1. The SMILES string of the molecule is CC(C)(C)c1ccc(N2c3cc(C4CCCCC4)cc4c3B(c3ccc(N(c5ccccc5)c5ccc6oc7ccccc7c6c5)cc3N4c3cccc4c3oc3ccccc34)c3sc4ccc(C(C)(C)C)cc4c32)cc1. The zero-order valence-electron chi connectivity index (χ0n) is 44.7. The van der Waals surface area contributed by atoms with Crippen molar-refractivity contribution >= 4 is 139 Å². The topological polar surface area (TPSA) is 36.0 Å². The Morgan fingerprint density at radius 3 is 1.87 bits per heavy atom. The number of para-hydroxylation sites is 4. The van der Waals surface area contributed by atoms with Crippen LogP contribution in [0, 0.1) is 0 Å². The van der Waals surface area contributed by atoms with Crippen LogP contribution in [0.1, 0.15) is 96.3 Å². The summed E-state index contributed by atoms with van der Waals surface area (Å²) in [7, 11) is 0. The summed E-state index contributed by atoms with van der Waals surface area (Å²) in [6, 6.07) is 70.4. The predicted molar refractivity (Wildman–Crippen MR) is 328 cm³/mol. The first-order chi connectivity index (χ1) is 37.4. The smallest absolute Gasteiger partial charge is 0.264 e. The molecule has 5 nitrogen and oxygen atoms in total. The van der Waals surface area contributed by atoms with E-state index < -0.39 is 0 Å². The van der Waals surface area contributed by atoms with Crippen molar-refractivity contribution < 1.29 is 8.83 Å². The summed E-state index contributed by atoms with van der Waals surface area (Å²) in [4.78, 5) is 7.68. The number of fused-ring (bicyclic) bond motifs is 12. The van der Waals surface area contributed by atoms with Gasteiger partial charge in [-0.15, -0.1) is 11.3 Å². The molecule has 5 heterocycles. The van der Waals surface area contributed by atoms with Gasteiger partial charge in [0.05, 0.1) is 11.4 Å². The van der Waals surface area contributed by atoms with E-state index in [-0.39, 0.29) is 17.5 Å². The number of furan rings is 2. The van der Waals surface area contributed by atoms with Crippen molar-refractivity contribution in [2.45, 2.75) is 90.4 Å². The number of anilines is 9. The van der Waals surface area contributed by atoms with Gasteiger partial charge in [-0.3, -0.25) is 0 Å². The number of benzene rings is 9. The molecule has 2 aliphatic heterocycles. The van der Waals surface area contributed by atoms with Gasteiger partial charge >= 0.3 is 0 Å². The largest absolute Gasteiger partial charge is 0.456 e. The normalized spacial score (nSPS) is 14.8. The van der Waals surface area contributed by atoms with Crippen LogP contribution >= 0.6 is 11.3 Å². The fourth-order valence-electron chi connectivity index (χ4n) is 13.2. The molecule has 3 aromatic heterocycles. The zero-order valence-corrected chi connectivity index (χ0v) is 45.5.